The lowest BCUT2D eigenvalue weighted by Crippen LogP contribution is -2.51. The van der Waals surface area contributed by atoms with Crippen molar-refractivity contribution in [3.8, 4) is 5.75 Å². The predicted molar refractivity (Wildman–Crippen MR) is 110 cm³/mol. The summed E-state index contributed by atoms with van der Waals surface area (Å²) < 4.78 is 11.2. The Kier molecular flexibility index (Phi) is 6.89. The van der Waals surface area contributed by atoms with Crippen molar-refractivity contribution in [2.75, 3.05) is 6.61 Å². The predicted octanol–water partition coefficient (Wildman–Crippen LogP) is 4.09. The minimum absolute atomic E-state index is 0.161. The summed E-state index contributed by atoms with van der Waals surface area (Å²) >= 11 is 0. The fourth-order valence-electron chi connectivity index (χ4n) is 3.16. The molecule has 0 aromatic heterocycles. The number of carbonyl (C=O) groups excluding carboxylic acids is 2. The van der Waals surface area contributed by atoms with Crippen LogP contribution in [0.4, 0.5) is 4.79 Å². The molecule has 2 N–H and O–H groups in total. The van der Waals surface area contributed by atoms with Crippen molar-refractivity contribution in [2.45, 2.75) is 32.4 Å². The van der Waals surface area contributed by atoms with E-state index in [0.717, 1.165) is 29.7 Å². The van der Waals surface area contributed by atoms with Crippen LogP contribution in [0.3, 0.4) is 0 Å². The zero-order valence-electron chi connectivity index (χ0n) is 16.5. The number of carbonyl (C=O) groups is 2. The summed E-state index contributed by atoms with van der Waals surface area (Å²) in [6.07, 6.45) is 2.05. The Balaban J connectivity index is 1.72. The summed E-state index contributed by atoms with van der Waals surface area (Å²) in [6.45, 7) is 6.79. The van der Waals surface area contributed by atoms with Crippen molar-refractivity contribution < 1.29 is 19.1 Å². The van der Waals surface area contributed by atoms with Crippen molar-refractivity contribution >= 4 is 12.0 Å². The van der Waals surface area contributed by atoms with Gasteiger partial charge in [0.05, 0.1) is 12.6 Å². The van der Waals surface area contributed by atoms with Gasteiger partial charge in [0.15, 0.2) is 0 Å². The maximum atomic E-state index is 12.8. The van der Waals surface area contributed by atoms with Crippen LogP contribution in [0.1, 0.15) is 36.9 Å². The van der Waals surface area contributed by atoms with E-state index in [1.807, 2.05) is 54.6 Å². The quantitative estimate of drug-likeness (QED) is 0.522. The summed E-state index contributed by atoms with van der Waals surface area (Å²) in [5, 5.41) is 5.40. The SMILES string of the molecule is C=C1NC(=O)N[C@@H](c2ccc(OCCCC)cc2)[C@@H]1C(=O)OCc1ccccc1. The Morgan fingerprint density at radius 1 is 1.10 bits per heavy atom. The highest BCUT2D eigenvalue weighted by molar-refractivity contribution is 5.85. The van der Waals surface area contributed by atoms with Crippen LogP contribution < -0.4 is 15.4 Å². The summed E-state index contributed by atoms with van der Waals surface area (Å²) in [5.41, 5.74) is 2.00. The second-order valence-corrected chi connectivity index (χ2v) is 6.94. The first-order chi connectivity index (χ1) is 14.1. The first-order valence-corrected chi connectivity index (χ1v) is 9.78. The number of hydrogen-bond donors (Lipinski definition) is 2. The van der Waals surface area contributed by atoms with E-state index in [1.54, 1.807) is 0 Å². The van der Waals surface area contributed by atoms with E-state index >= 15 is 0 Å². The fourth-order valence-corrected chi connectivity index (χ4v) is 3.16. The third-order valence-electron chi connectivity index (χ3n) is 4.75. The highest BCUT2D eigenvalue weighted by Crippen LogP contribution is 2.31. The monoisotopic (exact) mass is 394 g/mol. The van der Waals surface area contributed by atoms with Crippen LogP contribution >= 0.6 is 0 Å². The van der Waals surface area contributed by atoms with Gasteiger partial charge in [-0.2, -0.15) is 0 Å². The summed E-state index contributed by atoms with van der Waals surface area (Å²) in [4.78, 5) is 24.8. The number of amides is 2. The smallest absolute Gasteiger partial charge is 0.319 e. The molecule has 1 fully saturated rings. The lowest BCUT2D eigenvalue weighted by molar-refractivity contribution is -0.149. The molecule has 0 unspecified atom stereocenters. The van der Waals surface area contributed by atoms with Gasteiger partial charge in [0.2, 0.25) is 0 Å². The van der Waals surface area contributed by atoms with Gasteiger partial charge in [-0.05, 0) is 29.7 Å². The highest BCUT2D eigenvalue weighted by Gasteiger charge is 2.38. The minimum Gasteiger partial charge on any atom is -0.494 e. The molecule has 0 radical (unpaired) electrons. The molecule has 1 saturated heterocycles. The molecule has 0 bridgehead atoms. The van der Waals surface area contributed by atoms with E-state index in [2.05, 4.69) is 24.1 Å². The number of benzene rings is 2. The van der Waals surface area contributed by atoms with Gasteiger partial charge in [-0.1, -0.05) is 62.4 Å². The number of esters is 1. The molecule has 152 valence electrons. The summed E-state index contributed by atoms with van der Waals surface area (Å²) in [5.74, 6) is -0.424. The molecule has 2 aromatic carbocycles. The van der Waals surface area contributed by atoms with E-state index in [4.69, 9.17) is 9.47 Å². The highest BCUT2D eigenvalue weighted by atomic mass is 16.5. The Labute approximate surface area is 170 Å². The zero-order chi connectivity index (χ0) is 20.6. The lowest BCUT2D eigenvalue weighted by atomic mass is 9.89. The second kappa shape index (κ2) is 9.78. The Morgan fingerprint density at radius 2 is 1.83 bits per heavy atom. The third kappa shape index (κ3) is 5.38. The maximum absolute atomic E-state index is 12.8. The Hall–Kier alpha value is -3.28. The number of hydrogen-bond acceptors (Lipinski definition) is 4. The number of ether oxygens (including phenoxy) is 2. The molecule has 6 heteroatoms. The number of nitrogens with one attached hydrogen (secondary N) is 2. The van der Waals surface area contributed by atoms with Crippen LogP contribution in [0, 0.1) is 5.92 Å². The molecule has 0 spiro atoms. The van der Waals surface area contributed by atoms with Crippen LogP contribution in [-0.4, -0.2) is 18.6 Å². The molecule has 2 amide bonds. The molecule has 6 nitrogen and oxygen atoms in total. The fraction of sp³-hybridized carbons (Fsp3) is 0.304. The standard InChI is InChI=1S/C23H26N2O4/c1-3-4-14-28-19-12-10-18(11-13-19)21-20(16(2)24-23(27)25-21)22(26)29-15-17-8-6-5-7-9-17/h5-13,20-21H,2-4,14-15H2,1H3,(H2,24,25,27)/t20-,21+/m1/s1. The van der Waals surface area contributed by atoms with Crippen LogP contribution in [0.25, 0.3) is 0 Å². The minimum atomic E-state index is -0.733. The van der Waals surface area contributed by atoms with E-state index in [-0.39, 0.29) is 6.61 Å². The molecule has 3 rings (SSSR count). The first kappa shape index (κ1) is 20.5. The van der Waals surface area contributed by atoms with Gasteiger partial charge in [-0.3, -0.25) is 4.79 Å². The topological polar surface area (TPSA) is 76.7 Å². The summed E-state index contributed by atoms with van der Waals surface area (Å²) in [6, 6.07) is 15.9. The summed E-state index contributed by atoms with van der Waals surface area (Å²) in [7, 11) is 0. The average Bonchev–Trinajstić information content (AvgIpc) is 2.73. The van der Waals surface area contributed by atoms with Gasteiger partial charge < -0.3 is 20.1 Å². The van der Waals surface area contributed by atoms with Crippen molar-refractivity contribution in [2.24, 2.45) is 5.92 Å². The van der Waals surface area contributed by atoms with Crippen LogP contribution in [0.15, 0.2) is 66.9 Å². The van der Waals surface area contributed by atoms with Gasteiger partial charge in [0, 0.05) is 5.70 Å². The third-order valence-corrected chi connectivity index (χ3v) is 4.75. The van der Waals surface area contributed by atoms with Crippen molar-refractivity contribution in [3.05, 3.63) is 78.0 Å². The van der Waals surface area contributed by atoms with Gasteiger partial charge in [-0.25, -0.2) is 4.79 Å². The van der Waals surface area contributed by atoms with Crippen LogP contribution in [-0.2, 0) is 16.1 Å². The maximum Gasteiger partial charge on any atom is 0.319 e. The van der Waals surface area contributed by atoms with E-state index in [0.29, 0.717) is 12.3 Å². The van der Waals surface area contributed by atoms with Crippen molar-refractivity contribution in [1.29, 1.82) is 0 Å². The van der Waals surface area contributed by atoms with Crippen LogP contribution in [0.2, 0.25) is 0 Å². The molecule has 1 aliphatic rings. The Bertz CT molecular complexity index is 849. The molecule has 1 heterocycles. The molecule has 0 saturated carbocycles. The van der Waals surface area contributed by atoms with Gasteiger partial charge >= 0.3 is 12.0 Å². The van der Waals surface area contributed by atoms with E-state index in [1.165, 1.54) is 0 Å². The van der Waals surface area contributed by atoms with Crippen LogP contribution in [0.5, 0.6) is 5.75 Å². The van der Waals surface area contributed by atoms with Gasteiger partial charge in [-0.15, -0.1) is 0 Å². The number of urea groups is 1. The largest absolute Gasteiger partial charge is 0.494 e. The first-order valence-electron chi connectivity index (χ1n) is 9.78. The molecule has 29 heavy (non-hydrogen) atoms. The van der Waals surface area contributed by atoms with Gasteiger partial charge in [0.1, 0.15) is 18.3 Å². The van der Waals surface area contributed by atoms with E-state index in [9.17, 15) is 9.59 Å². The average molecular weight is 394 g/mol. The second-order valence-electron chi connectivity index (χ2n) is 6.94. The molecule has 2 aromatic rings. The molecule has 2 atom stereocenters. The van der Waals surface area contributed by atoms with E-state index < -0.39 is 24.0 Å². The molecule has 1 aliphatic heterocycles. The number of unbranched alkanes of at least 4 members (excludes halogenated alkanes) is 1. The lowest BCUT2D eigenvalue weighted by Gasteiger charge is -2.33. The van der Waals surface area contributed by atoms with Gasteiger partial charge in [0.25, 0.3) is 0 Å². The van der Waals surface area contributed by atoms with Crippen molar-refractivity contribution in [3.63, 3.8) is 0 Å². The molecular weight excluding hydrogens is 368 g/mol. The zero-order valence-corrected chi connectivity index (χ0v) is 16.5. The number of rotatable bonds is 8. The normalized spacial score (nSPS) is 18.5. The molecular formula is C23H26N2O4. The molecule has 0 aliphatic carbocycles. The van der Waals surface area contributed by atoms with Crippen molar-refractivity contribution in [1.82, 2.24) is 10.6 Å². The Morgan fingerprint density at radius 3 is 2.52 bits per heavy atom.